The van der Waals surface area contributed by atoms with Crippen molar-refractivity contribution in [1.29, 1.82) is 0 Å². The molecule has 1 N–H and O–H groups in total. The van der Waals surface area contributed by atoms with Crippen LogP contribution in [0.25, 0.3) is 0 Å². The quantitative estimate of drug-likeness (QED) is 0.489. The number of carbonyl (C=O) groups excluding carboxylic acids is 1. The number of hydrogen-bond donors (Lipinski definition) is 1. The van der Waals surface area contributed by atoms with E-state index in [2.05, 4.69) is 0 Å². The van der Waals surface area contributed by atoms with Gasteiger partial charge in [-0.05, 0) is 59.0 Å². The van der Waals surface area contributed by atoms with Gasteiger partial charge in [-0.3, -0.25) is 9.59 Å². The predicted octanol–water partition coefficient (Wildman–Crippen LogP) is 5.47. The summed E-state index contributed by atoms with van der Waals surface area (Å²) in [5.74, 6) is -0.862. The second kappa shape index (κ2) is 9.33. The van der Waals surface area contributed by atoms with Crippen molar-refractivity contribution in [3.63, 3.8) is 0 Å². The van der Waals surface area contributed by atoms with Crippen molar-refractivity contribution in [3.8, 4) is 5.75 Å². The van der Waals surface area contributed by atoms with Crippen molar-refractivity contribution in [3.05, 3.63) is 87.6 Å². The van der Waals surface area contributed by atoms with Crippen LogP contribution in [0.4, 0.5) is 0 Å². The number of ketones is 1. The molecule has 1 heterocycles. The molecule has 3 rings (SSSR count). The minimum atomic E-state index is -0.903. The molecule has 0 fully saturated rings. The van der Waals surface area contributed by atoms with E-state index >= 15 is 0 Å². The van der Waals surface area contributed by atoms with Gasteiger partial charge in [0.05, 0.1) is 0 Å². The van der Waals surface area contributed by atoms with Crippen LogP contribution in [0, 0.1) is 6.92 Å². The number of carboxylic acid groups (broad SMARTS) is 1. The summed E-state index contributed by atoms with van der Waals surface area (Å²) < 4.78 is 5.81. The highest BCUT2D eigenvalue weighted by Crippen LogP contribution is 2.29. The van der Waals surface area contributed by atoms with Crippen LogP contribution in [-0.4, -0.2) is 16.9 Å². The third kappa shape index (κ3) is 5.08. The van der Waals surface area contributed by atoms with Crippen LogP contribution >= 0.6 is 11.3 Å². The Morgan fingerprint density at radius 2 is 1.93 bits per heavy atom. The maximum absolute atomic E-state index is 13.2. The lowest BCUT2D eigenvalue weighted by Crippen LogP contribution is -2.16. The lowest BCUT2D eigenvalue weighted by molar-refractivity contribution is -0.137. The fourth-order valence-corrected chi connectivity index (χ4v) is 3.81. The van der Waals surface area contributed by atoms with Gasteiger partial charge in [-0.1, -0.05) is 36.4 Å². The van der Waals surface area contributed by atoms with Crippen LogP contribution < -0.4 is 4.74 Å². The highest BCUT2D eigenvalue weighted by atomic mass is 32.1. The minimum Gasteiger partial charge on any atom is -0.489 e. The van der Waals surface area contributed by atoms with Crippen LogP contribution in [0.3, 0.4) is 0 Å². The lowest BCUT2D eigenvalue weighted by Gasteiger charge is -2.18. The number of carboxylic acids is 1. The first kappa shape index (κ1) is 19.8. The van der Waals surface area contributed by atoms with Crippen molar-refractivity contribution in [1.82, 2.24) is 0 Å². The Balaban J connectivity index is 1.82. The second-order valence-electron chi connectivity index (χ2n) is 6.65. The van der Waals surface area contributed by atoms with E-state index in [1.807, 2.05) is 54.1 Å². The molecule has 28 heavy (non-hydrogen) atoms. The van der Waals surface area contributed by atoms with Crippen LogP contribution in [0.15, 0.2) is 65.4 Å². The van der Waals surface area contributed by atoms with Gasteiger partial charge in [0.15, 0.2) is 5.78 Å². The monoisotopic (exact) mass is 394 g/mol. The molecule has 0 saturated heterocycles. The molecular formula is C23H22O4S. The van der Waals surface area contributed by atoms with Gasteiger partial charge in [0.1, 0.15) is 12.4 Å². The third-order valence-corrected chi connectivity index (χ3v) is 5.36. The number of hydrogen-bond acceptors (Lipinski definition) is 4. The molecule has 1 atom stereocenters. The van der Waals surface area contributed by atoms with Crippen molar-refractivity contribution in [2.75, 3.05) is 0 Å². The first-order chi connectivity index (χ1) is 13.5. The van der Waals surface area contributed by atoms with Crippen LogP contribution in [0.2, 0.25) is 0 Å². The van der Waals surface area contributed by atoms with E-state index in [1.165, 1.54) is 0 Å². The first-order valence-electron chi connectivity index (χ1n) is 9.10. The minimum absolute atomic E-state index is 0.0565. The molecule has 1 aromatic heterocycles. The normalized spacial score (nSPS) is 11.8. The Kier molecular flexibility index (Phi) is 6.61. The summed E-state index contributed by atoms with van der Waals surface area (Å²) in [5, 5.41) is 13.1. The average Bonchev–Trinajstić information content (AvgIpc) is 3.21. The SMILES string of the molecule is Cc1ccccc1C(CCC(=O)O)C(=O)c1cccc(OCc2ccsc2)c1. The summed E-state index contributed by atoms with van der Waals surface area (Å²) in [6.45, 7) is 2.39. The van der Waals surface area contributed by atoms with E-state index in [0.717, 1.165) is 16.7 Å². The highest BCUT2D eigenvalue weighted by molar-refractivity contribution is 7.07. The molecule has 0 aliphatic rings. The molecule has 0 bridgehead atoms. The van der Waals surface area contributed by atoms with Gasteiger partial charge in [-0.15, -0.1) is 0 Å². The van der Waals surface area contributed by atoms with Crippen LogP contribution in [0.1, 0.15) is 45.8 Å². The van der Waals surface area contributed by atoms with Gasteiger partial charge in [-0.2, -0.15) is 11.3 Å². The number of thiophene rings is 1. The molecule has 0 radical (unpaired) electrons. The molecule has 0 saturated carbocycles. The van der Waals surface area contributed by atoms with Crippen LogP contribution in [-0.2, 0) is 11.4 Å². The molecule has 5 heteroatoms. The Bertz CT molecular complexity index is 947. The summed E-state index contributed by atoms with van der Waals surface area (Å²) in [4.78, 5) is 24.3. The zero-order valence-corrected chi connectivity index (χ0v) is 16.4. The van der Waals surface area contributed by atoms with Crippen molar-refractivity contribution >= 4 is 23.1 Å². The zero-order valence-electron chi connectivity index (χ0n) is 15.6. The third-order valence-electron chi connectivity index (χ3n) is 4.63. The smallest absolute Gasteiger partial charge is 0.303 e. The fourth-order valence-electron chi connectivity index (χ4n) is 3.16. The van der Waals surface area contributed by atoms with Gasteiger partial charge in [-0.25, -0.2) is 0 Å². The van der Waals surface area contributed by atoms with E-state index in [9.17, 15) is 9.59 Å². The van der Waals surface area contributed by atoms with Gasteiger partial charge < -0.3 is 9.84 Å². The van der Waals surface area contributed by atoms with Gasteiger partial charge in [0.25, 0.3) is 0 Å². The number of carbonyl (C=O) groups is 2. The van der Waals surface area contributed by atoms with E-state index in [-0.39, 0.29) is 18.6 Å². The highest BCUT2D eigenvalue weighted by Gasteiger charge is 2.24. The van der Waals surface area contributed by atoms with E-state index in [1.54, 1.807) is 29.5 Å². The molecule has 2 aromatic carbocycles. The molecule has 0 aliphatic heterocycles. The number of Topliss-reactive ketones (excluding diaryl/α,β-unsaturated/α-hetero) is 1. The molecule has 1 unspecified atom stereocenters. The molecule has 144 valence electrons. The van der Waals surface area contributed by atoms with Gasteiger partial charge in [0, 0.05) is 17.9 Å². The van der Waals surface area contributed by atoms with Crippen LogP contribution in [0.5, 0.6) is 5.75 Å². The molecule has 0 aliphatic carbocycles. The number of rotatable bonds is 9. The zero-order chi connectivity index (χ0) is 19.9. The maximum atomic E-state index is 13.2. The molecule has 4 nitrogen and oxygen atoms in total. The van der Waals surface area contributed by atoms with E-state index < -0.39 is 11.9 Å². The molecule has 0 spiro atoms. The Morgan fingerprint density at radius 3 is 2.64 bits per heavy atom. The van der Waals surface area contributed by atoms with Crippen molar-refractivity contribution in [2.24, 2.45) is 0 Å². The molecular weight excluding hydrogens is 372 g/mol. The molecule has 3 aromatic rings. The van der Waals surface area contributed by atoms with E-state index in [0.29, 0.717) is 17.9 Å². The average molecular weight is 394 g/mol. The molecule has 0 amide bonds. The largest absolute Gasteiger partial charge is 0.489 e. The predicted molar refractivity (Wildman–Crippen MR) is 110 cm³/mol. The Labute approximate surface area is 168 Å². The van der Waals surface area contributed by atoms with Gasteiger partial charge >= 0.3 is 5.97 Å². The lowest BCUT2D eigenvalue weighted by atomic mass is 9.85. The summed E-state index contributed by atoms with van der Waals surface area (Å²) >= 11 is 1.61. The summed E-state index contributed by atoms with van der Waals surface area (Å²) in [7, 11) is 0. The maximum Gasteiger partial charge on any atom is 0.303 e. The summed E-state index contributed by atoms with van der Waals surface area (Å²) in [5.41, 5.74) is 3.47. The first-order valence-corrected chi connectivity index (χ1v) is 10.0. The Hall–Kier alpha value is -2.92. The summed E-state index contributed by atoms with van der Waals surface area (Å²) in [6, 6.07) is 16.7. The number of benzene rings is 2. The van der Waals surface area contributed by atoms with Crippen molar-refractivity contribution < 1.29 is 19.4 Å². The number of aryl methyl sites for hydroxylation is 1. The fraction of sp³-hybridized carbons (Fsp3) is 0.217. The number of ether oxygens (including phenoxy) is 1. The van der Waals surface area contributed by atoms with Crippen molar-refractivity contribution in [2.45, 2.75) is 32.3 Å². The second-order valence-corrected chi connectivity index (χ2v) is 7.43. The van der Waals surface area contributed by atoms with Gasteiger partial charge in [0.2, 0.25) is 0 Å². The standard InChI is InChI=1S/C23H22O4S/c1-16-5-2-3-8-20(16)21(9-10-22(24)25)23(26)18-6-4-7-19(13-18)27-14-17-11-12-28-15-17/h2-8,11-13,15,21H,9-10,14H2,1H3,(H,24,25). The van der Waals surface area contributed by atoms with E-state index in [4.69, 9.17) is 9.84 Å². The topological polar surface area (TPSA) is 63.6 Å². The summed E-state index contributed by atoms with van der Waals surface area (Å²) in [6.07, 6.45) is 0.206. The Morgan fingerprint density at radius 1 is 1.11 bits per heavy atom. The number of aliphatic carboxylic acids is 1.